The molecule has 0 aliphatic rings. The van der Waals surface area contributed by atoms with Gasteiger partial charge in [-0.1, -0.05) is 64.8 Å². The lowest BCUT2D eigenvalue weighted by molar-refractivity contribution is -0.115. The molecule has 0 spiro atoms. The number of hydrogen-bond donors (Lipinski definition) is 1. The Labute approximate surface area is 198 Å². The maximum atomic E-state index is 12.8. The van der Waals surface area contributed by atoms with Crippen LogP contribution in [0, 0.1) is 6.92 Å². The standard InChI is InChI=1S/C22H18Cl2N4OS2/c1-13-8-10-15(11-9-13)28-20(18-7-4-12-30-18)26-27-22(28)31-14(2)21(29)25-17-6-3-5-16(23)19(17)24/h3-12,14H,1-2H3,(H,25,29). The molecule has 31 heavy (non-hydrogen) atoms. The molecule has 0 bridgehead atoms. The van der Waals surface area contributed by atoms with Gasteiger partial charge in [0.25, 0.3) is 0 Å². The molecule has 0 saturated heterocycles. The van der Waals surface area contributed by atoms with Gasteiger partial charge in [0.2, 0.25) is 5.91 Å². The van der Waals surface area contributed by atoms with Crippen LogP contribution in [-0.2, 0) is 4.79 Å². The molecule has 5 nitrogen and oxygen atoms in total. The van der Waals surface area contributed by atoms with E-state index < -0.39 is 5.25 Å². The van der Waals surface area contributed by atoms with Gasteiger partial charge in [-0.3, -0.25) is 9.36 Å². The third-order valence-corrected chi connectivity index (χ3v) is 7.26. The lowest BCUT2D eigenvalue weighted by atomic mass is 10.2. The summed E-state index contributed by atoms with van der Waals surface area (Å²) in [6.45, 7) is 3.86. The van der Waals surface area contributed by atoms with Gasteiger partial charge in [0, 0.05) is 5.69 Å². The lowest BCUT2D eigenvalue weighted by Crippen LogP contribution is -2.23. The van der Waals surface area contributed by atoms with E-state index in [2.05, 4.69) is 15.5 Å². The third-order valence-electron chi connectivity index (χ3n) is 4.53. The summed E-state index contributed by atoms with van der Waals surface area (Å²) in [6.07, 6.45) is 0. The van der Waals surface area contributed by atoms with E-state index in [1.165, 1.54) is 11.8 Å². The quantitative estimate of drug-likeness (QED) is 0.305. The molecule has 2 heterocycles. The fourth-order valence-corrected chi connectivity index (χ4v) is 4.80. The van der Waals surface area contributed by atoms with E-state index in [-0.39, 0.29) is 5.91 Å². The van der Waals surface area contributed by atoms with E-state index in [4.69, 9.17) is 23.2 Å². The highest BCUT2D eigenvalue weighted by molar-refractivity contribution is 8.00. The SMILES string of the molecule is Cc1ccc(-n2c(SC(C)C(=O)Nc3cccc(Cl)c3Cl)nnc2-c2cccs2)cc1. The topological polar surface area (TPSA) is 59.8 Å². The van der Waals surface area contributed by atoms with Gasteiger partial charge in [-0.25, -0.2) is 0 Å². The molecule has 0 radical (unpaired) electrons. The predicted octanol–water partition coefficient (Wildman–Crippen LogP) is 6.73. The van der Waals surface area contributed by atoms with Crippen LogP contribution >= 0.6 is 46.3 Å². The first-order valence-corrected chi connectivity index (χ1v) is 11.9. The number of amides is 1. The molecule has 158 valence electrons. The molecule has 4 aromatic rings. The van der Waals surface area contributed by atoms with Gasteiger partial charge >= 0.3 is 0 Å². The molecule has 1 N–H and O–H groups in total. The largest absolute Gasteiger partial charge is 0.324 e. The third kappa shape index (κ3) is 4.80. The van der Waals surface area contributed by atoms with Crippen molar-refractivity contribution in [2.75, 3.05) is 5.32 Å². The fourth-order valence-electron chi connectivity index (χ4n) is 2.88. The van der Waals surface area contributed by atoms with Crippen LogP contribution in [0.25, 0.3) is 16.4 Å². The molecular formula is C22H18Cl2N4OS2. The molecule has 2 aromatic carbocycles. The van der Waals surface area contributed by atoms with Gasteiger partial charge in [0.15, 0.2) is 11.0 Å². The number of hydrogen-bond acceptors (Lipinski definition) is 5. The Morgan fingerprint density at radius 2 is 1.87 bits per heavy atom. The summed E-state index contributed by atoms with van der Waals surface area (Å²) in [6, 6.07) is 17.2. The van der Waals surface area contributed by atoms with E-state index >= 15 is 0 Å². The van der Waals surface area contributed by atoms with Gasteiger partial charge in [0.05, 0.1) is 25.9 Å². The van der Waals surface area contributed by atoms with E-state index in [0.717, 1.165) is 22.0 Å². The number of rotatable bonds is 6. The summed E-state index contributed by atoms with van der Waals surface area (Å²) in [5.74, 6) is 0.539. The van der Waals surface area contributed by atoms with Gasteiger partial charge < -0.3 is 5.32 Å². The molecule has 1 amide bonds. The molecule has 4 rings (SSSR count). The maximum Gasteiger partial charge on any atom is 0.237 e. The molecule has 1 atom stereocenters. The monoisotopic (exact) mass is 488 g/mol. The second-order valence-electron chi connectivity index (χ2n) is 6.81. The van der Waals surface area contributed by atoms with Crippen molar-refractivity contribution in [3.8, 4) is 16.4 Å². The molecule has 1 unspecified atom stereocenters. The minimum atomic E-state index is -0.445. The van der Waals surface area contributed by atoms with Gasteiger partial charge in [-0.2, -0.15) is 0 Å². The first kappa shape index (κ1) is 21.9. The van der Waals surface area contributed by atoms with Crippen molar-refractivity contribution in [3.05, 3.63) is 75.6 Å². The Hall–Kier alpha value is -2.32. The number of carbonyl (C=O) groups excluding carboxylic acids is 1. The number of nitrogens with one attached hydrogen (secondary N) is 1. The molecule has 2 aromatic heterocycles. The van der Waals surface area contributed by atoms with Crippen LogP contribution in [0.15, 0.2) is 65.1 Å². The van der Waals surface area contributed by atoms with Gasteiger partial charge in [-0.15, -0.1) is 21.5 Å². The molecule has 0 fully saturated rings. The fraction of sp³-hybridized carbons (Fsp3) is 0.136. The number of thioether (sulfide) groups is 1. The zero-order valence-electron chi connectivity index (χ0n) is 16.7. The van der Waals surface area contributed by atoms with Gasteiger partial charge in [0.1, 0.15) is 0 Å². The first-order valence-electron chi connectivity index (χ1n) is 9.42. The van der Waals surface area contributed by atoms with Crippen molar-refractivity contribution in [2.24, 2.45) is 0 Å². The maximum absolute atomic E-state index is 12.8. The highest BCUT2D eigenvalue weighted by atomic mass is 35.5. The highest BCUT2D eigenvalue weighted by Gasteiger charge is 2.23. The van der Waals surface area contributed by atoms with Crippen LogP contribution in [0.1, 0.15) is 12.5 Å². The second kappa shape index (κ2) is 9.44. The number of nitrogens with zero attached hydrogens (tertiary/aromatic N) is 3. The summed E-state index contributed by atoms with van der Waals surface area (Å²) < 4.78 is 1.98. The first-order chi connectivity index (χ1) is 14.9. The number of aromatic nitrogens is 3. The Balaban J connectivity index is 1.62. The van der Waals surface area contributed by atoms with E-state index in [1.807, 2.05) is 60.2 Å². The van der Waals surface area contributed by atoms with Gasteiger partial charge in [-0.05, 0) is 49.6 Å². The van der Waals surface area contributed by atoms with Crippen molar-refractivity contribution < 1.29 is 4.79 Å². The second-order valence-corrected chi connectivity index (χ2v) is 9.85. The summed E-state index contributed by atoms with van der Waals surface area (Å²) in [7, 11) is 0. The van der Waals surface area contributed by atoms with Crippen molar-refractivity contribution in [2.45, 2.75) is 24.3 Å². The van der Waals surface area contributed by atoms with Crippen LogP contribution in [0.4, 0.5) is 5.69 Å². The summed E-state index contributed by atoms with van der Waals surface area (Å²) >= 11 is 15.2. The highest BCUT2D eigenvalue weighted by Crippen LogP contribution is 2.33. The number of aryl methyl sites for hydroxylation is 1. The summed E-state index contributed by atoms with van der Waals surface area (Å²) in [5.41, 5.74) is 2.58. The molecule has 0 aliphatic heterocycles. The lowest BCUT2D eigenvalue weighted by Gasteiger charge is -2.14. The van der Waals surface area contributed by atoms with Crippen LogP contribution in [0.3, 0.4) is 0 Å². The average molecular weight is 489 g/mol. The number of thiophene rings is 1. The number of benzene rings is 2. The predicted molar refractivity (Wildman–Crippen MR) is 130 cm³/mol. The Morgan fingerprint density at radius 1 is 1.10 bits per heavy atom. The zero-order valence-corrected chi connectivity index (χ0v) is 19.8. The van der Waals surface area contributed by atoms with Crippen LogP contribution in [-0.4, -0.2) is 25.9 Å². The molecule has 0 aliphatic carbocycles. The van der Waals surface area contributed by atoms with Crippen molar-refractivity contribution in [1.29, 1.82) is 0 Å². The normalized spacial score (nSPS) is 12.0. The molecule has 0 saturated carbocycles. The van der Waals surface area contributed by atoms with Crippen LogP contribution in [0.2, 0.25) is 10.0 Å². The van der Waals surface area contributed by atoms with E-state index in [1.54, 1.807) is 29.5 Å². The smallest absolute Gasteiger partial charge is 0.237 e. The Bertz CT molecular complexity index is 1210. The number of anilines is 1. The Morgan fingerprint density at radius 3 is 2.58 bits per heavy atom. The Kier molecular flexibility index (Phi) is 6.67. The van der Waals surface area contributed by atoms with Crippen molar-refractivity contribution in [1.82, 2.24) is 14.8 Å². The minimum absolute atomic E-state index is 0.203. The van der Waals surface area contributed by atoms with Crippen molar-refractivity contribution in [3.63, 3.8) is 0 Å². The van der Waals surface area contributed by atoms with E-state index in [0.29, 0.717) is 20.9 Å². The molecular weight excluding hydrogens is 471 g/mol. The van der Waals surface area contributed by atoms with Crippen LogP contribution < -0.4 is 5.32 Å². The molecule has 9 heteroatoms. The number of halogens is 2. The van der Waals surface area contributed by atoms with Crippen LogP contribution in [0.5, 0.6) is 0 Å². The average Bonchev–Trinajstić information content (AvgIpc) is 3.42. The van der Waals surface area contributed by atoms with Crippen molar-refractivity contribution >= 4 is 57.9 Å². The summed E-state index contributed by atoms with van der Waals surface area (Å²) in [4.78, 5) is 13.8. The van der Waals surface area contributed by atoms with E-state index in [9.17, 15) is 4.79 Å². The minimum Gasteiger partial charge on any atom is -0.324 e. The number of carbonyl (C=O) groups is 1. The zero-order chi connectivity index (χ0) is 22.0. The summed E-state index contributed by atoms with van der Waals surface area (Å²) in [5, 5.41) is 14.5.